The maximum absolute atomic E-state index is 13.0. The maximum atomic E-state index is 13.0. The Morgan fingerprint density at radius 1 is 1.08 bits per heavy atom. The zero-order valence-corrected chi connectivity index (χ0v) is 14.8. The third-order valence-corrected chi connectivity index (χ3v) is 4.97. The summed E-state index contributed by atoms with van der Waals surface area (Å²) in [5.41, 5.74) is 2.47. The molecule has 1 atom stereocenters. The Labute approximate surface area is 153 Å². The van der Waals surface area contributed by atoms with Crippen LogP contribution >= 0.6 is 0 Å². The zero-order chi connectivity index (χ0) is 18.4. The highest BCUT2D eigenvalue weighted by Gasteiger charge is 2.21. The van der Waals surface area contributed by atoms with Crippen LogP contribution in [0.4, 0.5) is 4.39 Å². The molecule has 0 spiro atoms. The lowest BCUT2D eigenvalue weighted by atomic mass is 10.0. The summed E-state index contributed by atoms with van der Waals surface area (Å²) in [6.07, 6.45) is 3.33. The van der Waals surface area contributed by atoms with Gasteiger partial charge in [-0.3, -0.25) is 9.69 Å². The Balaban J connectivity index is 1.52. The number of aliphatic hydroxyl groups excluding tert-OH is 1. The quantitative estimate of drug-likeness (QED) is 0.836. The van der Waals surface area contributed by atoms with Gasteiger partial charge in [-0.25, -0.2) is 4.39 Å². The molecule has 3 rings (SSSR count). The third kappa shape index (κ3) is 4.68. The van der Waals surface area contributed by atoms with Crippen LogP contribution in [-0.2, 0) is 0 Å². The number of halogens is 1. The van der Waals surface area contributed by atoms with E-state index in [4.69, 9.17) is 0 Å². The summed E-state index contributed by atoms with van der Waals surface area (Å²) in [4.78, 5) is 14.6. The lowest BCUT2D eigenvalue weighted by Crippen LogP contribution is -2.45. The van der Waals surface area contributed by atoms with Gasteiger partial charge in [-0.05, 0) is 54.8 Å². The number of nitrogens with one attached hydrogen (secondary N) is 1. The molecule has 1 heterocycles. The number of hydrogen-bond donors (Lipinski definition) is 2. The summed E-state index contributed by atoms with van der Waals surface area (Å²) in [7, 11) is 0. The summed E-state index contributed by atoms with van der Waals surface area (Å²) in [5, 5.41) is 12.4. The highest BCUT2D eigenvalue weighted by atomic mass is 19.1. The van der Waals surface area contributed by atoms with Gasteiger partial charge in [-0.1, -0.05) is 30.7 Å². The number of rotatable bonds is 6. The fourth-order valence-electron chi connectivity index (χ4n) is 3.43. The van der Waals surface area contributed by atoms with Gasteiger partial charge in [0, 0.05) is 24.7 Å². The molecule has 1 aliphatic heterocycles. The van der Waals surface area contributed by atoms with Crippen LogP contribution in [0.2, 0.25) is 0 Å². The number of likely N-dealkylation sites (tertiary alicyclic amines) is 1. The molecule has 1 saturated heterocycles. The SMILES string of the molecule is O=C(NCCN1CCCC[C@H]1CO)c1ccc(-c2ccc(F)cc2)cc1. The summed E-state index contributed by atoms with van der Waals surface area (Å²) in [6.45, 7) is 2.48. The molecule has 0 aromatic heterocycles. The number of piperidine rings is 1. The molecule has 4 nitrogen and oxygen atoms in total. The first kappa shape index (κ1) is 18.5. The molecule has 0 saturated carbocycles. The maximum Gasteiger partial charge on any atom is 0.251 e. The number of aliphatic hydroxyl groups is 1. The Morgan fingerprint density at radius 3 is 2.38 bits per heavy atom. The van der Waals surface area contributed by atoms with Crippen molar-refractivity contribution in [2.45, 2.75) is 25.3 Å². The van der Waals surface area contributed by atoms with Gasteiger partial charge in [0.15, 0.2) is 0 Å². The largest absolute Gasteiger partial charge is 0.395 e. The molecular formula is C21H25FN2O2. The Kier molecular flexibility index (Phi) is 6.36. The first-order chi connectivity index (χ1) is 12.7. The topological polar surface area (TPSA) is 52.6 Å². The van der Waals surface area contributed by atoms with E-state index in [0.717, 1.165) is 43.5 Å². The molecule has 0 aliphatic carbocycles. The molecule has 2 aromatic carbocycles. The van der Waals surface area contributed by atoms with E-state index in [0.29, 0.717) is 12.1 Å². The van der Waals surface area contributed by atoms with E-state index >= 15 is 0 Å². The van der Waals surface area contributed by atoms with E-state index < -0.39 is 0 Å². The second kappa shape index (κ2) is 8.92. The van der Waals surface area contributed by atoms with E-state index in [-0.39, 0.29) is 24.4 Å². The van der Waals surface area contributed by atoms with Crippen LogP contribution in [-0.4, -0.2) is 48.2 Å². The molecule has 1 amide bonds. The van der Waals surface area contributed by atoms with Crippen LogP contribution < -0.4 is 5.32 Å². The summed E-state index contributed by atoms with van der Waals surface area (Å²) < 4.78 is 13.0. The summed E-state index contributed by atoms with van der Waals surface area (Å²) >= 11 is 0. The van der Waals surface area contributed by atoms with Crippen LogP contribution in [0, 0.1) is 5.82 Å². The van der Waals surface area contributed by atoms with Gasteiger partial charge < -0.3 is 10.4 Å². The van der Waals surface area contributed by atoms with Gasteiger partial charge >= 0.3 is 0 Å². The first-order valence-electron chi connectivity index (χ1n) is 9.16. The van der Waals surface area contributed by atoms with Crippen molar-refractivity contribution >= 4 is 5.91 Å². The van der Waals surface area contributed by atoms with Gasteiger partial charge in [0.1, 0.15) is 5.82 Å². The second-order valence-corrected chi connectivity index (χ2v) is 6.71. The Hall–Kier alpha value is -2.24. The fourth-order valence-corrected chi connectivity index (χ4v) is 3.43. The van der Waals surface area contributed by atoms with E-state index in [9.17, 15) is 14.3 Å². The first-order valence-corrected chi connectivity index (χ1v) is 9.16. The monoisotopic (exact) mass is 356 g/mol. The Morgan fingerprint density at radius 2 is 1.73 bits per heavy atom. The van der Waals surface area contributed by atoms with E-state index in [1.165, 1.54) is 12.1 Å². The molecule has 138 valence electrons. The lowest BCUT2D eigenvalue weighted by Gasteiger charge is -2.34. The standard InChI is InChI=1S/C21H25FN2O2/c22-19-10-8-17(9-11-19)16-4-6-18(7-5-16)21(26)23-12-14-24-13-2-1-3-20(24)15-25/h4-11,20,25H,1-3,12-15H2,(H,23,26)/t20-/m0/s1. The molecule has 5 heteroatoms. The van der Waals surface area contributed by atoms with Crippen LogP contribution in [0.3, 0.4) is 0 Å². The highest BCUT2D eigenvalue weighted by Crippen LogP contribution is 2.20. The predicted octanol–water partition coefficient (Wildman–Crippen LogP) is 3.07. The van der Waals surface area contributed by atoms with Crippen LogP contribution in [0.15, 0.2) is 48.5 Å². The Bertz CT molecular complexity index is 716. The van der Waals surface area contributed by atoms with Crippen molar-refractivity contribution in [2.75, 3.05) is 26.2 Å². The number of carbonyl (C=O) groups is 1. The molecule has 0 radical (unpaired) electrons. The molecule has 26 heavy (non-hydrogen) atoms. The smallest absolute Gasteiger partial charge is 0.251 e. The molecule has 1 aliphatic rings. The second-order valence-electron chi connectivity index (χ2n) is 6.71. The summed E-state index contributed by atoms with van der Waals surface area (Å²) in [5.74, 6) is -0.366. The number of hydrogen-bond acceptors (Lipinski definition) is 3. The van der Waals surface area contributed by atoms with Crippen LogP contribution in [0.1, 0.15) is 29.6 Å². The van der Waals surface area contributed by atoms with Gasteiger partial charge in [-0.2, -0.15) is 0 Å². The average molecular weight is 356 g/mol. The van der Waals surface area contributed by atoms with E-state index in [1.807, 2.05) is 12.1 Å². The minimum atomic E-state index is -0.262. The van der Waals surface area contributed by atoms with Crippen molar-refractivity contribution in [3.05, 3.63) is 59.9 Å². The lowest BCUT2D eigenvalue weighted by molar-refractivity contribution is 0.0849. The molecular weight excluding hydrogens is 331 g/mol. The predicted molar refractivity (Wildman–Crippen MR) is 100 cm³/mol. The zero-order valence-electron chi connectivity index (χ0n) is 14.8. The van der Waals surface area contributed by atoms with Crippen molar-refractivity contribution < 1.29 is 14.3 Å². The number of nitrogens with zero attached hydrogens (tertiary/aromatic N) is 1. The van der Waals surface area contributed by atoms with Crippen molar-refractivity contribution in [1.82, 2.24) is 10.2 Å². The number of amides is 1. The van der Waals surface area contributed by atoms with Crippen LogP contribution in [0.25, 0.3) is 11.1 Å². The summed E-state index contributed by atoms with van der Waals surface area (Å²) in [6, 6.07) is 13.8. The third-order valence-electron chi connectivity index (χ3n) is 4.97. The van der Waals surface area contributed by atoms with Crippen LogP contribution in [0.5, 0.6) is 0 Å². The van der Waals surface area contributed by atoms with Gasteiger partial charge in [0.2, 0.25) is 0 Å². The molecule has 0 bridgehead atoms. The molecule has 2 N–H and O–H groups in total. The van der Waals surface area contributed by atoms with Gasteiger partial charge in [0.25, 0.3) is 5.91 Å². The minimum Gasteiger partial charge on any atom is -0.395 e. The molecule has 1 fully saturated rings. The fraction of sp³-hybridized carbons (Fsp3) is 0.381. The van der Waals surface area contributed by atoms with Crippen molar-refractivity contribution in [2.24, 2.45) is 0 Å². The normalized spacial score (nSPS) is 17.8. The van der Waals surface area contributed by atoms with Gasteiger partial charge in [0.05, 0.1) is 6.61 Å². The van der Waals surface area contributed by atoms with Crippen molar-refractivity contribution in [3.63, 3.8) is 0 Å². The van der Waals surface area contributed by atoms with Gasteiger partial charge in [-0.15, -0.1) is 0 Å². The molecule has 0 unspecified atom stereocenters. The van der Waals surface area contributed by atoms with E-state index in [1.54, 1.807) is 24.3 Å². The van der Waals surface area contributed by atoms with Crippen molar-refractivity contribution in [1.29, 1.82) is 0 Å². The molecule has 2 aromatic rings. The van der Waals surface area contributed by atoms with Crippen molar-refractivity contribution in [3.8, 4) is 11.1 Å². The highest BCUT2D eigenvalue weighted by molar-refractivity contribution is 5.94. The number of carbonyl (C=O) groups excluding carboxylic acids is 1. The van der Waals surface area contributed by atoms with E-state index in [2.05, 4.69) is 10.2 Å². The average Bonchev–Trinajstić information content (AvgIpc) is 2.69. The number of benzene rings is 2. The minimum absolute atomic E-state index is 0.104.